The molecule has 0 aliphatic carbocycles. The molecular weight excluding hydrogens is 238 g/mol. The largest absolute Gasteiger partial charge is 0.363 e. The Morgan fingerprint density at radius 3 is 2.68 bits per heavy atom. The van der Waals surface area contributed by atoms with Gasteiger partial charge in [-0.05, 0) is 6.07 Å². The van der Waals surface area contributed by atoms with Crippen molar-refractivity contribution < 1.29 is 0 Å². The molecule has 102 valence electrons. The maximum absolute atomic E-state index is 5.30. The van der Waals surface area contributed by atoms with Crippen LogP contribution >= 0.6 is 0 Å². The van der Waals surface area contributed by atoms with Gasteiger partial charge in [-0.15, -0.1) is 12.3 Å². The van der Waals surface area contributed by atoms with Gasteiger partial charge in [0.05, 0.1) is 0 Å². The molecule has 5 nitrogen and oxygen atoms in total. The van der Waals surface area contributed by atoms with Crippen LogP contribution in [0.5, 0.6) is 0 Å². The smallest absolute Gasteiger partial charge is 0.227 e. The molecule has 1 aliphatic heterocycles. The van der Waals surface area contributed by atoms with Crippen LogP contribution in [0.25, 0.3) is 0 Å². The molecule has 0 amide bonds. The van der Waals surface area contributed by atoms with Crippen molar-refractivity contribution in [3.8, 4) is 12.3 Å². The Balaban J connectivity index is 1.94. The number of nitrogens with zero attached hydrogens (tertiary/aromatic N) is 5. The molecule has 0 bridgehead atoms. The van der Waals surface area contributed by atoms with E-state index in [2.05, 4.69) is 25.7 Å². The molecule has 0 unspecified atom stereocenters. The van der Waals surface area contributed by atoms with E-state index in [1.54, 1.807) is 0 Å². The topological polar surface area (TPSA) is 35.5 Å². The lowest BCUT2D eigenvalue weighted by molar-refractivity contribution is 0.262. The Hall–Kier alpha value is -1.80. The van der Waals surface area contributed by atoms with Crippen LogP contribution in [0.3, 0.4) is 0 Å². The third-order valence-electron chi connectivity index (χ3n) is 3.31. The molecule has 0 saturated carbocycles. The molecule has 0 radical (unpaired) electrons. The number of hydrogen-bond acceptors (Lipinski definition) is 5. The zero-order valence-corrected chi connectivity index (χ0v) is 11.7. The SMILES string of the molecule is C#CCCN1CCN(c2nccc(N(C)C)n2)CC1. The first-order valence-electron chi connectivity index (χ1n) is 6.62. The van der Waals surface area contributed by atoms with Crippen molar-refractivity contribution in [1.29, 1.82) is 0 Å². The summed E-state index contributed by atoms with van der Waals surface area (Å²) in [5, 5.41) is 0. The first kappa shape index (κ1) is 13.6. The highest BCUT2D eigenvalue weighted by Gasteiger charge is 2.18. The van der Waals surface area contributed by atoms with Crippen molar-refractivity contribution in [2.75, 3.05) is 56.6 Å². The second kappa shape index (κ2) is 6.39. The van der Waals surface area contributed by atoms with Gasteiger partial charge in [0.25, 0.3) is 0 Å². The minimum Gasteiger partial charge on any atom is -0.363 e. The summed E-state index contributed by atoms with van der Waals surface area (Å²) in [4.78, 5) is 15.6. The first-order valence-corrected chi connectivity index (χ1v) is 6.62. The summed E-state index contributed by atoms with van der Waals surface area (Å²) in [6.07, 6.45) is 7.95. The van der Waals surface area contributed by atoms with Crippen LogP contribution in [-0.2, 0) is 0 Å². The zero-order valence-electron chi connectivity index (χ0n) is 11.7. The summed E-state index contributed by atoms with van der Waals surface area (Å²) in [5.41, 5.74) is 0. The summed E-state index contributed by atoms with van der Waals surface area (Å²) in [5.74, 6) is 4.46. The van der Waals surface area contributed by atoms with Gasteiger partial charge in [-0.3, -0.25) is 4.90 Å². The molecule has 0 spiro atoms. The van der Waals surface area contributed by atoms with Crippen LogP contribution < -0.4 is 9.80 Å². The molecule has 1 aromatic rings. The Bertz CT molecular complexity index is 443. The average Bonchev–Trinajstić information content (AvgIpc) is 2.46. The zero-order chi connectivity index (χ0) is 13.7. The van der Waals surface area contributed by atoms with Gasteiger partial charge in [-0.1, -0.05) is 0 Å². The second-order valence-electron chi connectivity index (χ2n) is 4.89. The third-order valence-corrected chi connectivity index (χ3v) is 3.31. The number of aromatic nitrogens is 2. The van der Waals surface area contributed by atoms with Gasteiger partial charge in [0.2, 0.25) is 5.95 Å². The summed E-state index contributed by atoms with van der Waals surface area (Å²) < 4.78 is 0. The van der Waals surface area contributed by atoms with Crippen LogP contribution in [0.2, 0.25) is 0 Å². The minimum atomic E-state index is 0.822. The fourth-order valence-electron chi connectivity index (χ4n) is 2.13. The van der Waals surface area contributed by atoms with E-state index in [-0.39, 0.29) is 0 Å². The van der Waals surface area contributed by atoms with E-state index >= 15 is 0 Å². The molecule has 1 saturated heterocycles. The van der Waals surface area contributed by atoms with E-state index in [0.717, 1.165) is 50.9 Å². The highest BCUT2D eigenvalue weighted by Crippen LogP contribution is 2.14. The monoisotopic (exact) mass is 259 g/mol. The molecule has 1 aliphatic rings. The average molecular weight is 259 g/mol. The van der Waals surface area contributed by atoms with Gasteiger partial charge in [0.15, 0.2) is 0 Å². The predicted molar refractivity (Wildman–Crippen MR) is 78.5 cm³/mol. The van der Waals surface area contributed by atoms with E-state index in [1.807, 2.05) is 31.3 Å². The third kappa shape index (κ3) is 3.58. The van der Waals surface area contributed by atoms with Crippen LogP contribution in [-0.4, -0.2) is 61.7 Å². The van der Waals surface area contributed by atoms with Gasteiger partial charge in [0.1, 0.15) is 5.82 Å². The van der Waals surface area contributed by atoms with Crippen LogP contribution in [0, 0.1) is 12.3 Å². The Kier molecular flexibility index (Phi) is 4.58. The molecule has 2 rings (SSSR count). The van der Waals surface area contributed by atoms with E-state index in [1.165, 1.54) is 0 Å². The number of anilines is 2. The van der Waals surface area contributed by atoms with Crippen LogP contribution in [0.15, 0.2) is 12.3 Å². The van der Waals surface area contributed by atoms with E-state index < -0.39 is 0 Å². The lowest BCUT2D eigenvalue weighted by atomic mass is 10.3. The highest BCUT2D eigenvalue weighted by molar-refractivity contribution is 5.42. The quantitative estimate of drug-likeness (QED) is 0.743. The lowest BCUT2D eigenvalue weighted by Gasteiger charge is -2.34. The maximum atomic E-state index is 5.30. The lowest BCUT2D eigenvalue weighted by Crippen LogP contribution is -2.47. The van der Waals surface area contributed by atoms with Gasteiger partial charge in [0, 0.05) is 59.4 Å². The molecule has 0 N–H and O–H groups in total. The standard InChI is InChI=1S/C14H21N5/c1-4-5-8-18-9-11-19(12-10-18)14-15-7-6-13(16-14)17(2)3/h1,6-7H,5,8-12H2,2-3H3. The van der Waals surface area contributed by atoms with E-state index in [4.69, 9.17) is 6.42 Å². The van der Waals surface area contributed by atoms with Gasteiger partial charge < -0.3 is 9.80 Å². The van der Waals surface area contributed by atoms with E-state index in [0.29, 0.717) is 0 Å². The van der Waals surface area contributed by atoms with Crippen molar-refractivity contribution in [3.05, 3.63) is 12.3 Å². The number of terminal acetylenes is 1. The second-order valence-corrected chi connectivity index (χ2v) is 4.89. The normalized spacial score (nSPS) is 16.2. The first-order chi connectivity index (χ1) is 9.20. The highest BCUT2D eigenvalue weighted by atomic mass is 15.3. The van der Waals surface area contributed by atoms with Crippen LogP contribution in [0.1, 0.15) is 6.42 Å². The summed E-state index contributed by atoms with van der Waals surface area (Å²) in [7, 11) is 3.98. The van der Waals surface area contributed by atoms with Crippen molar-refractivity contribution >= 4 is 11.8 Å². The van der Waals surface area contributed by atoms with Crippen molar-refractivity contribution in [3.63, 3.8) is 0 Å². The Labute approximate surface area is 115 Å². The van der Waals surface area contributed by atoms with Gasteiger partial charge >= 0.3 is 0 Å². The van der Waals surface area contributed by atoms with E-state index in [9.17, 15) is 0 Å². The molecule has 1 aromatic heterocycles. The summed E-state index contributed by atoms with van der Waals surface area (Å²) >= 11 is 0. The van der Waals surface area contributed by atoms with Gasteiger partial charge in [-0.25, -0.2) is 4.98 Å². The number of hydrogen-bond donors (Lipinski definition) is 0. The number of rotatable bonds is 4. The van der Waals surface area contributed by atoms with Crippen molar-refractivity contribution in [1.82, 2.24) is 14.9 Å². The molecule has 1 fully saturated rings. The fourth-order valence-corrected chi connectivity index (χ4v) is 2.13. The molecular formula is C14H21N5. The van der Waals surface area contributed by atoms with Crippen LogP contribution in [0.4, 0.5) is 11.8 Å². The molecule has 2 heterocycles. The predicted octanol–water partition coefficient (Wildman–Crippen LogP) is 0.688. The van der Waals surface area contributed by atoms with Crippen molar-refractivity contribution in [2.24, 2.45) is 0 Å². The Morgan fingerprint density at radius 2 is 2.05 bits per heavy atom. The van der Waals surface area contributed by atoms with Crippen molar-refractivity contribution in [2.45, 2.75) is 6.42 Å². The molecule has 0 aromatic carbocycles. The summed E-state index contributed by atoms with van der Waals surface area (Å²) in [6.45, 7) is 4.96. The molecule has 0 atom stereocenters. The maximum Gasteiger partial charge on any atom is 0.227 e. The Morgan fingerprint density at radius 1 is 1.32 bits per heavy atom. The summed E-state index contributed by atoms with van der Waals surface area (Å²) in [6, 6.07) is 1.92. The fraction of sp³-hybridized carbons (Fsp3) is 0.571. The molecule has 5 heteroatoms. The number of piperazine rings is 1. The molecule has 19 heavy (non-hydrogen) atoms. The minimum absolute atomic E-state index is 0.822. The van der Waals surface area contributed by atoms with Gasteiger partial charge in [-0.2, -0.15) is 4.98 Å².